The van der Waals surface area contributed by atoms with Crippen molar-refractivity contribution >= 4 is 21.8 Å². The summed E-state index contributed by atoms with van der Waals surface area (Å²) in [5.41, 5.74) is 0.299. The molecule has 0 radical (unpaired) electrons. The summed E-state index contributed by atoms with van der Waals surface area (Å²) in [5, 5.41) is 0. The maximum atomic E-state index is 12.7. The van der Waals surface area contributed by atoms with Gasteiger partial charge in [0.1, 0.15) is 17.1 Å². The maximum absolute atomic E-state index is 12.7. The zero-order valence-corrected chi connectivity index (χ0v) is 18.0. The number of carbonyl (C=O) groups is 2. The van der Waals surface area contributed by atoms with Gasteiger partial charge in [0.05, 0.1) is 32.3 Å². The number of carbonyl (C=O) groups excluding carboxylic acids is 2. The minimum Gasteiger partial charge on any atom is -0.496 e. The molecule has 1 aliphatic heterocycles. The molecule has 3 rings (SSSR count). The standard InChI is InChI=1S/C21H23NO8S/c1-27-18-4-3-5-19(28-2)20(18)21(24)30-14-17(23)15-6-8-16(9-7-15)31(25,26)22-10-12-29-13-11-22/h3-9H,10-14H2,1-2H3. The van der Waals surface area contributed by atoms with Crippen LogP contribution >= 0.6 is 0 Å². The predicted octanol–water partition coefficient (Wildman–Crippen LogP) is 1.76. The maximum Gasteiger partial charge on any atom is 0.346 e. The average Bonchev–Trinajstić information content (AvgIpc) is 2.82. The largest absolute Gasteiger partial charge is 0.496 e. The second-order valence-electron chi connectivity index (χ2n) is 6.58. The highest BCUT2D eigenvalue weighted by Crippen LogP contribution is 2.29. The number of morpholine rings is 1. The lowest BCUT2D eigenvalue weighted by Crippen LogP contribution is -2.40. The van der Waals surface area contributed by atoms with Crippen LogP contribution in [0.3, 0.4) is 0 Å². The molecule has 10 heteroatoms. The van der Waals surface area contributed by atoms with E-state index in [2.05, 4.69) is 0 Å². The second kappa shape index (κ2) is 9.90. The van der Waals surface area contributed by atoms with E-state index in [-0.39, 0.29) is 40.6 Å². The van der Waals surface area contributed by atoms with Gasteiger partial charge in [0, 0.05) is 18.7 Å². The molecule has 166 valence electrons. The predicted molar refractivity (Wildman–Crippen MR) is 110 cm³/mol. The molecule has 0 bridgehead atoms. The monoisotopic (exact) mass is 449 g/mol. The van der Waals surface area contributed by atoms with Gasteiger partial charge in [-0.3, -0.25) is 4.79 Å². The first-order valence-electron chi connectivity index (χ1n) is 9.47. The summed E-state index contributed by atoms with van der Waals surface area (Å²) < 4.78 is 47.3. The Morgan fingerprint density at radius 2 is 1.55 bits per heavy atom. The molecule has 1 fully saturated rings. The van der Waals surface area contributed by atoms with Crippen molar-refractivity contribution in [3.8, 4) is 11.5 Å². The van der Waals surface area contributed by atoms with Crippen LogP contribution in [0.1, 0.15) is 20.7 Å². The zero-order valence-electron chi connectivity index (χ0n) is 17.2. The number of benzene rings is 2. The second-order valence-corrected chi connectivity index (χ2v) is 8.52. The number of sulfonamides is 1. The number of esters is 1. The third-order valence-electron chi connectivity index (χ3n) is 4.75. The first-order valence-corrected chi connectivity index (χ1v) is 10.9. The third-order valence-corrected chi connectivity index (χ3v) is 6.66. The highest BCUT2D eigenvalue weighted by molar-refractivity contribution is 7.89. The van der Waals surface area contributed by atoms with Gasteiger partial charge in [-0.05, 0) is 36.4 Å². The van der Waals surface area contributed by atoms with Crippen molar-refractivity contribution in [2.24, 2.45) is 0 Å². The van der Waals surface area contributed by atoms with Crippen molar-refractivity contribution in [2.75, 3.05) is 47.1 Å². The van der Waals surface area contributed by atoms with Crippen molar-refractivity contribution in [1.82, 2.24) is 4.31 Å². The number of nitrogens with zero attached hydrogens (tertiary/aromatic N) is 1. The number of hydrogen-bond acceptors (Lipinski definition) is 8. The van der Waals surface area contributed by atoms with E-state index in [0.29, 0.717) is 13.2 Å². The number of ketones is 1. The quantitative estimate of drug-likeness (QED) is 0.443. The van der Waals surface area contributed by atoms with Crippen LogP contribution in [0.2, 0.25) is 0 Å². The van der Waals surface area contributed by atoms with Crippen LogP contribution in [-0.2, 0) is 19.5 Å². The van der Waals surface area contributed by atoms with E-state index in [9.17, 15) is 18.0 Å². The van der Waals surface area contributed by atoms with Crippen LogP contribution in [0.15, 0.2) is 47.4 Å². The van der Waals surface area contributed by atoms with E-state index < -0.39 is 28.4 Å². The van der Waals surface area contributed by atoms with Gasteiger partial charge in [0.2, 0.25) is 10.0 Å². The topological polar surface area (TPSA) is 108 Å². The summed E-state index contributed by atoms with van der Waals surface area (Å²) in [7, 11) is -0.841. The molecule has 1 saturated heterocycles. The Balaban J connectivity index is 1.67. The molecule has 0 N–H and O–H groups in total. The Labute approximate surface area is 180 Å². The van der Waals surface area contributed by atoms with Gasteiger partial charge in [0.15, 0.2) is 12.4 Å². The Hall–Kier alpha value is -2.95. The molecular weight excluding hydrogens is 426 g/mol. The molecule has 2 aromatic rings. The van der Waals surface area contributed by atoms with Gasteiger partial charge in [-0.1, -0.05) is 6.07 Å². The molecule has 0 aliphatic carbocycles. The van der Waals surface area contributed by atoms with Crippen molar-refractivity contribution in [2.45, 2.75) is 4.90 Å². The molecule has 1 aliphatic rings. The normalized spacial score (nSPS) is 14.6. The van der Waals surface area contributed by atoms with Gasteiger partial charge in [-0.15, -0.1) is 0 Å². The van der Waals surface area contributed by atoms with Crippen LogP contribution in [0, 0.1) is 0 Å². The van der Waals surface area contributed by atoms with Crippen LogP contribution in [0.4, 0.5) is 0 Å². The molecule has 0 saturated carbocycles. The van der Waals surface area contributed by atoms with Gasteiger partial charge in [0.25, 0.3) is 0 Å². The van der Waals surface area contributed by atoms with E-state index in [4.69, 9.17) is 18.9 Å². The summed E-state index contributed by atoms with van der Waals surface area (Å²) in [6.45, 7) is 0.739. The first kappa shape index (κ1) is 22.7. The van der Waals surface area contributed by atoms with Crippen molar-refractivity contribution in [3.63, 3.8) is 0 Å². The molecule has 0 unspecified atom stereocenters. The summed E-state index contributed by atoms with van der Waals surface area (Å²) in [6, 6.07) is 10.3. The summed E-state index contributed by atoms with van der Waals surface area (Å²) in [5.74, 6) is -0.726. The summed E-state index contributed by atoms with van der Waals surface area (Å²) in [6.07, 6.45) is 0. The molecule has 9 nitrogen and oxygen atoms in total. The number of Topliss-reactive ketones (excluding diaryl/α,β-unsaturated/α-hetero) is 1. The molecule has 0 spiro atoms. The van der Waals surface area contributed by atoms with Crippen LogP contribution in [0.5, 0.6) is 11.5 Å². The molecular formula is C21H23NO8S. The fraction of sp³-hybridized carbons (Fsp3) is 0.333. The minimum absolute atomic E-state index is 0.0762. The Morgan fingerprint density at radius 1 is 0.968 bits per heavy atom. The zero-order chi connectivity index (χ0) is 22.4. The highest BCUT2D eigenvalue weighted by Gasteiger charge is 2.26. The van der Waals surface area contributed by atoms with Gasteiger partial charge >= 0.3 is 5.97 Å². The van der Waals surface area contributed by atoms with Crippen molar-refractivity contribution < 1.29 is 37.0 Å². The third kappa shape index (κ3) is 5.04. The number of methoxy groups -OCH3 is 2. The van der Waals surface area contributed by atoms with E-state index in [1.165, 1.54) is 42.8 Å². The van der Waals surface area contributed by atoms with Crippen LogP contribution < -0.4 is 9.47 Å². The van der Waals surface area contributed by atoms with E-state index in [1.807, 2.05) is 0 Å². The number of ether oxygens (including phenoxy) is 4. The lowest BCUT2D eigenvalue weighted by atomic mass is 10.1. The lowest BCUT2D eigenvalue weighted by Gasteiger charge is -2.26. The van der Waals surface area contributed by atoms with E-state index in [1.54, 1.807) is 18.2 Å². The highest BCUT2D eigenvalue weighted by atomic mass is 32.2. The Kier molecular flexibility index (Phi) is 7.26. The molecule has 1 heterocycles. The minimum atomic E-state index is -3.65. The van der Waals surface area contributed by atoms with Crippen molar-refractivity contribution in [3.05, 3.63) is 53.6 Å². The number of hydrogen-bond donors (Lipinski definition) is 0. The van der Waals surface area contributed by atoms with Gasteiger partial charge < -0.3 is 18.9 Å². The smallest absolute Gasteiger partial charge is 0.346 e. The van der Waals surface area contributed by atoms with E-state index >= 15 is 0 Å². The Bertz CT molecular complexity index is 1020. The average molecular weight is 449 g/mol. The molecule has 2 aromatic carbocycles. The van der Waals surface area contributed by atoms with Gasteiger partial charge in [-0.2, -0.15) is 4.31 Å². The lowest BCUT2D eigenvalue weighted by molar-refractivity contribution is 0.0468. The van der Waals surface area contributed by atoms with Crippen molar-refractivity contribution in [1.29, 1.82) is 0 Å². The molecule has 31 heavy (non-hydrogen) atoms. The van der Waals surface area contributed by atoms with Crippen LogP contribution in [0.25, 0.3) is 0 Å². The van der Waals surface area contributed by atoms with Crippen LogP contribution in [-0.4, -0.2) is 71.6 Å². The summed E-state index contributed by atoms with van der Waals surface area (Å²) in [4.78, 5) is 25.0. The first-order chi connectivity index (χ1) is 14.9. The fourth-order valence-electron chi connectivity index (χ4n) is 3.09. The Morgan fingerprint density at radius 3 is 2.10 bits per heavy atom. The molecule has 0 atom stereocenters. The molecule has 0 amide bonds. The van der Waals surface area contributed by atoms with E-state index in [0.717, 1.165) is 0 Å². The van der Waals surface area contributed by atoms with Gasteiger partial charge in [-0.25, -0.2) is 13.2 Å². The SMILES string of the molecule is COc1cccc(OC)c1C(=O)OCC(=O)c1ccc(S(=O)(=O)N2CCOCC2)cc1. The number of rotatable bonds is 8. The molecule has 0 aromatic heterocycles. The fourth-order valence-corrected chi connectivity index (χ4v) is 4.50. The summed E-state index contributed by atoms with van der Waals surface area (Å²) >= 11 is 0.